The first-order chi connectivity index (χ1) is 7.36. The normalized spacial score (nSPS) is 35.0. The molecular formula is C13H26N2. The monoisotopic (exact) mass is 210 g/mol. The van der Waals surface area contributed by atoms with E-state index in [1.165, 1.54) is 64.6 Å². The first-order valence-corrected chi connectivity index (χ1v) is 6.83. The minimum absolute atomic E-state index is 0.771. The van der Waals surface area contributed by atoms with Crippen LogP contribution < -0.4 is 5.32 Å². The number of hydrogen-bond acceptors (Lipinski definition) is 2. The minimum Gasteiger partial charge on any atom is -0.313 e. The third kappa shape index (κ3) is 3.46. The van der Waals surface area contributed by atoms with Crippen LogP contribution in [0.1, 0.15) is 51.9 Å². The highest BCUT2D eigenvalue weighted by molar-refractivity contribution is 4.80. The number of likely N-dealkylation sites (tertiary alicyclic amines) is 1. The van der Waals surface area contributed by atoms with Gasteiger partial charge in [0.25, 0.3) is 0 Å². The fourth-order valence-corrected chi connectivity index (χ4v) is 2.97. The van der Waals surface area contributed by atoms with Crippen molar-refractivity contribution in [2.75, 3.05) is 19.6 Å². The lowest BCUT2D eigenvalue weighted by Gasteiger charge is -2.36. The summed E-state index contributed by atoms with van der Waals surface area (Å²) in [4.78, 5) is 2.70. The summed E-state index contributed by atoms with van der Waals surface area (Å²) in [6.45, 7) is 6.27. The average molecular weight is 210 g/mol. The Morgan fingerprint density at radius 3 is 2.80 bits per heavy atom. The lowest BCUT2D eigenvalue weighted by atomic mass is 10.0. The van der Waals surface area contributed by atoms with Gasteiger partial charge in [0.15, 0.2) is 0 Å². The quantitative estimate of drug-likeness (QED) is 0.753. The van der Waals surface area contributed by atoms with Crippen molar-refractivity contribution in [1.29, 1.82) is 0 Å². The maximum absolute atomic E-state index is 3.71. The SMILES string of the molecule is C[C@H]1CCCCN1C[C@@H]1CCCCCN1. The second kappa shape index (κ2) is 5.86. The first-order valence-electron chi connectivity index (χ1n) is 6.83. The smallest absolute Gasteiger partial charge is 0.0195 e. The molecular weight excluding hydrogens is 184 g/mol. The summed E-state index contributed by atoms with van der Waals surface area (Å²) in [6, 6.07) is 1.59. The van der Waals surface area contributed by atoms with Crippen molar-refractivity contribution in [3.8, 4) is 0 Å². The van der Waals surface area contributed by atoms with Crippen molar-refractivity contribution in [3.63, 3.8) is 0 Å². The Hall–Kier alpha value is -0.0800. The molecule has 0 aromatic heterocycles. The van der Waals surface area contributed by atoms with E-state index in [0.29, 0.717) is 0 Å². The van der Waals surface area contributed by atoms with Crippen LogP contribution in [-0.2, 0) is 0 Å². The molecule has 0 aromatic carbocycles. The van der Waals surface area contributed by atoms with Gasteiger partial charge in [-0.25, -0.2) is 0 Å². The zero-order valence-electron chi connectivity index (χ0n) is 10.2. The molecule has 2 heterocycles. The zero-order chi connectivity index (χ0) is 10.5. The lowest BCUT2D eigenvalue weighted by Crippen LogP contribution is -2.46. The predicted molar refractivity (Wildman–Crippen MR) is 65.1 cm³/mol. The summed E-state index contributed by atoms with van der Waals surface area (Å²) in [6.07, 6.45) is 9.90. The molecule has 2 rings (SSSR count). The minimum atomic E-state index is 0.771. The summed E-state index contributed by atoms with van der Waals surface area (Å²) >= 11 is 0. The van der Waals surface area contributed by atoms with Crippen LogP contribution in [0.3, 0.4) is 0 Å². The van der Waals surface area contributed by atoms with Crippen molar-refractivity contribution in [1.82, 2.24) is 10.2 Å². The van der Waals surface area contributed by atoms with Crippen molar-refractivity contribution in [2.45, 2.75) is 64.0 Å². The molecule has 0 aliphatic carbocycles. The van der Waals surface area contributed by atoms with E-state index in [-0.39, 0.29) is 0 Å². The predicted octanol–water partition coefficient (Wildman–Crippen LogP) is 2.39. The van der Waals surface area contributed by atoms with Crippen molar-refractivity contribution < 1.29 is 0 Å². The Labute approximate surface area is 94.4 Å². The molecule has 1 N–H and O–H groups in total. The van der Waals surface area contributed by atoms with Gasteiger partial charge in [-0.2, -0.15) is 0 Å². The molecule has 88 valence electrons. The molecule has 2 fully saturated rings. The van der Waals surface area contributed by atoms with E-state index in [1.54, 1.807) is 0 Å². The molecule has 15 heavy (non-hydrogen) atoms. The molecule has 2 atom stereocenters. The van der Waals surface area contributed by atoms with Crippen LogP contribution in [0.4, 0.5) is 0 Å². The maximum Gasteiger partial charge on any atom is 0.0195 e. The first kappa shape index (κ1) is 11.4. The van der Waals surface area contributed by atoms with Gasteiger partial charge >= 0.3 is 0 Å². The van der Waals surface area contributed by atoms with Gasteiger partial charge in [-0.15, -0.1) is 0 Å². The number of nitrogens with one attached hydrogen (secondary N) is 1. The van der Waals surface area contributed by atoms with E-state index in [9.17, 15) is 0 Å². The molecule has 0 spiro atoms. The van der Waals surface area contributed by atoms with E-state index in [1.807, 2.05) is 0 Å². The number of hydrogen-bond donors (Lipinski definition) is 1. The van der Waals surface area contributed by atoms with Crippen LogP contribution in [0, 0.1) is 0 Å². The summed E-state index contributed by atoms with van der Waals surface area (Å²) < 4.78 is 0. The highest BCUT2D eigenvalue weighted by Gasteiger charge is 2.21. The number of nitrogens with zero attached hydrogens (tertiary/aromatic N) is 1. The molecule has 0 unspecified atom stereocenters. The Morgan fingerprint density at radius 1 is 1.07 bits per heavy atom. The Morgan fingerprint density at radius 2 is 1.93 bits per heavy atom. The van der Waals surface area contributed by atoms with Gasteiger partial charge in [-0.1, -0.05) is 19.3 Å². The van der Waals surface area contributed by atoms with Gasteiger partial charge in [0, 0.05) is 18.6 Å². The topological polar surface area (TPSA) is 15.3 Å². The van der Waals surface area contributed by atoms with E-state index < -0.39 is 0 Å². The molecule has 2 nitrogen and oxygen atoms in total. The number of rotatable bonds is 2. The van der Waals surface area contributed by atoms with Crippen LogP contribution in [-0.4, -0.2) is 36.6 Å². The summed E-state index contributed by atoms with van der Waals surface area (Å²) in [5, 5.41) is 3.71. The summed E-state index contributed by atoms with van der Waals surface area (Å²) in [7, 11) is 0. The van der Waals surface area contributed by atoms with Gasteiger partial charge < -0.3 is 5.32 Å². The Bertz CT molecular complexity index is 173. The fraction of sp³-hybridized carbons (Fsp3) is 1.00. The van der Waals surface area contributed by atoms with Crippen molar-refractivity contribution in [2.24, 2.45) is 0 Å². The van der Waals surface area contributed by atoms with Crippen molar-refractivity contribution in [3.05, 3.63) is 0 Å². The Kier molecular flexibility index (Phi) is 4.45. The van der Waals surface area contributed by atoms with Crippen LogP contribution in [0.5, 0.6) is 0 Å². The number of piperidine rings is 1. The van der Waals surface area contributed by atoms with Crippen LogP contribution in [0.2, 0.25) is 0 Å². The Balaban J connectivity index is 1.78. The highest BCUT2D eigenvalue weighted by Crippen LogP contribution is 2.18. The third-order valence-electron chi connectivity index (χ3n) is 4.06. The fourth-order valence-electron chi connectivity index (χ4n) is 2.97. The van der Waals surface area contributed by atoms with E-state index in [2.05, 4.69) is 17.1 Å². The molecule has 2 aliphatic heterocycles. The van der Waals surface area contributed by atoms with Crippen molar-refractivity contribution >= 4 is 0 Å². The zero-order valence-corrected chi connectivity index (χ0v) is 10.2. The van der Waals surface area contributed by atoms with Gasteiger partial charge in [0.1, 0.15) is 0 Å². The van der Waals surface area contributed by atoms with Gasteiger partial charge in [-0.05, 0) is 45.7 Å². The third-order valence-corrected chi connectivity index (χ3v) is 4.06. The second-order valence-electron chi connectivity index (χ2n) is 5.34. The van der Waals surface area contributed by atoms with Crippen LogP contribution in [0.25, 0.3) is 0 Å². The van der Waals surface area contributed by atoms with E-state index in [0.717, 1.165) is 12.1 Å². The van der Waals surface area contributed by atoms with Gasteiger partial charge in [0.2, 0.25) is 0 Å². The van der Waals surface area contributed by atoms with Gasteiger partial charge in [-0.3, -0.25) is 4.90 Å². The molecule has 0 saturated carbocycles. The molecule has 0 aromatic rings. The molecule has 0 amide bonds. The molecule has 0 radical (unpaired) electrons. The summed E-state index contributed by atoms with van der Waals surface area (Å²) in [5.41, 5.74) is 0. The summed E-state index contributed by atoms with van der Waals surface area (Å²) in [5.74, 6) is 0. The molecule has 2 heteroatoms. The largest absolute Gasteiger partial charge is 0.313 e. The lowest BCUT2D eigenvalue weighted by molar-refractivity contribution is 0.143. The van der Waals surface area contributed by atoms with Gasteiger partial charge in [0.05, 0.1) is 0 Å². The highest BCUT2D eigenvalue weighted by atomic mass is 15.2. The van der Waals surface area contributed by atoms with E-state index >= 15 is 0 Å². The maximum atomic E-state index is 3.71. The van der Waals surface area contributed by atoms with Crippen LogP contribution in [0.15, 0.2) is 0 Å². The molecule has 0 bridgehead atoms. The average Bonchev–Trinajstić information content (AvgIpc) is 2.50. The second-order valence-corrected chi connectivity index (χ2v) is 5.34. The molecule has 2 saturated heterocycles. The molecule has 2 aliphatic rings. The van der Waals surface area contributed by atoms with Crippen LogP contribution >= 0.6 is 0 Å². The standard InChI is InChI=1S/C13H26N2/c1-12-7-4-6-10-15(12)11-13-8-3-2-5-9-14-13/h12-14H,2-11H2,1H3/t12-,13-/m0/s1. The van der Waals surface area contributed by atoms with E-state index in [4.69, 9.17) is 0 Å².